The summed E-state index contributed by atoms with van der Waals surface area (Å²) >= 11 is 0. The van der Waals surface area contributed by atoms with E-state index in [4.69, 9.17) is 14.2 Å². The number of amides is 1. The Bertz CT molecular complexity index is 1430. The minimum atomic E-state index is -1.02. The van der Waals surface area contributed by atoms with E-state index in [1.807, 2.05) is 60.7 Å². The quantitative estimate of drug-likeness (QED) is 0.187. The zero-order valence-corrected chi connectivity index (χ0v) is 23.5. The second kappa shape index (κ2) is 14.0. The van der Waals surface area contributed by atoms with Crippen LogP contribution in [0.5, 0.6) is 17.2 Å². The molecule has 0 spiro atoms. The third-order valence-corrected chi connectivity index (χ3v) is 6.65. The Morgan fingerprint density at radius 2 is 1.49 bits per heavy atom. The fourth-order valence-corrected chi connectivity index (χ4v) is 4.26. The summed E-state index contributed by atoms with van der Waals surface area (Å²) in [6.45, 7) is 4.83. The Morgan fingerprint density at radius 3 is 2.12 bits per heavy atom. The number of hydrogen-bond donors (Lipinski definition) is 2. The smallest absolute Gasteiger partial charge is 0.345 e. The molecule has 0 aromatic heterocycles. The molecule has 0 aliphatic carbocycles. The van der Waals surface area contributed by atoms with E-state index in [-0.39, 0.29) is 12.3 Å². The summed E-state index contributed by atoms with van der Waals surface area (Å²) in [5.74, 6) is 1.11. The standard InChI is InChI=1S/C34H35NO6/c1-23(2)25-13-17-30(18-14-25)41-32(34(37)38)21-24-7-15-29(16-8-24)40-20-19-35-33(36)27-11-9-26(10-12-27)28-5-4-6-31(22-28)39-3/h4-18,22-23,32H,19-21H2,1-3H3,(H,35,36)(H,37,38). The lowest BCUT2D eigenvalue weighted by atomic mass is 10.0. The van der Waals surface area contributed by atoms with Gasteiger partial charge in [-0.2, -0.15) is 0 Å². The average Bonchev–Trinajstić information content (AvgIpc) is 3.00. The number of nitrogens with one attached hydrogen (secondary N) is 1. The van der Waals surface area contributed by atoms with Crippen molar-refractivity contribution in [3.8, 4) is 28.4 Å². The zero-order chi connectivity index (χ0) is 29.2. The van der Waals surface area contributed by atoms with E-state index in [1.165, 1.54) is 5.56 Å². The molecular weight excluding hydrogens is 518 g/mol. The van der Waals surface area contributed by atoms with Gasteiger partial charge in [-0.1, -0.05) is 62.4 Å². The first-order valence-corrected chi connectivity index (χ1v) is 13.6. The van der Waals surface area contributed by atoms with Crippen molar-refractivity contribution >= 4 is 11.9 Å². The lowest BCUT2D eigenvalue weighted by molar-refractivity contribution is -0.145. The number of ether oxygens (including phenoxy) is 3. The lowest BCUT2D eigenvalue weighted by Crippen LogP contribution is -2.29. The van der Waals surface area contributed by atoms with Crippen molar-refractivity contribution in [2.75, 3.05) is 20.3 Å². The average molecular weight is 554 g/mol. The molecule has 4 aromatic rings. The number of carboxylic acids is 1. The predicted octanol–water partition coefficient (Wildman–Crippen LogP) is 6.37. The van der Waals surface area contributed by atoms with Gasteiger partial charge in [-0.05, 0) is 76.7 Å². The Balaban J connectivity index is 1.23. The first kappa shape index (κ1) is 29.2. The number of aliphatic carboxylic acids is 1. The Kier molecular flexibility index (Phi) is 9.99. The molecule has 4 aromatic carbocycles. The summed E-state index contributed by atoms with van der Waals surface area (Å²) in [5.41, 5.74) is 4.55. The third-order valence-electron chi connectivity index (χ3n) is 6.65. The summed E-state index contributed by atoms with van der Waals surface area (Å²) < 4.78 is 16.8. The molecule has 212 valence electrons. The first-order chi connectivity index (χ1) is 19.8. The zero-order valence-electron chi connectivity index (χ0n) is 23.5. The molecule has 7 nitrogen and oxygen atoms in total. The Morgan fingerprint density at radius 1 is 0.805 bits per heavy atom. The predicted molar refractivity (Wildman–Crippen MR) is 159 cm³/mol. The van der Waals surface area contributed by atoms with Crippen LogP contribution in [-0.4, -0.2) is 43.3 Å². The molecule has 0 saturated heterocycles. The minimum absolute atomic E-state index is 0.181. The van der Waals surface area contributed by atoms with E-state index < -0.39 is 12.1 Å². The van der Waals surface area contributed by atoms with Gasteiger partial charge in [0.05, 0.1) is 13.7 Å². The molecule has 1 amide bonds. The van der Waals surface area contributed by atoms with Gasteiger partial charge >= 0.3 is 5.97 Å². The fraction of sp³-hybridized carbons (Fsp3) is 0.235. The number of carbonyl (C=O) groups excluding carboxylic acids is 1. The van der Waals surface area contributed by atoms with E-state index in [2.05, 4.69) is 19.2 Å². The summed E-state index contributed by atoms with van der Waals surface area (Å²) in [5, 5.41) is 12.5. The topological polar surface area (TPSA) is 94.1 Å². The monoisotopic (exact) mass is 553 g/mol. The highest BCUT2D eigenvalue weighted by Crippen LogP contribution is 2.24. The SMILES string of the molecule is COc1cccc(-c2ccc(C(=O)NCCOc3ccc(CC(Oc4ccc(C(C)C)cc4)C(=O)O)cc3)cc2)c1. The number of hydrogen-bond acceptors (Lipinski definition) is 5. The molecule has 4 rings (SSSR count). The fourth-order valence-electron chi connectivity index (χ4n) is 4.26. The molecule has 7 heteroatoms. The van der Waals surface area contributed by atoms with Gasteiger partial charge in [-0.25, -0.2) is 4.79 Å². The van der Waals surface area contributed by atoms with Crippen molar-refractivity contribution in [1.29, 1.82) is 0 Å². The first-order valence-electron chi connectivity index (χ1n) is 13.6. The molecule has 0 fully saturated rings. The van der Waals surface area contributed by atoms with Gasteiger partial charge in [0.2, 0.25) is 0 Å². The molecule has 0 saturated carbocycles. The Hall–Kier alpha value is -4.78. The van der Waals surface area contributed by atoms with Crippen LogP contribution in [0.1, 0.15) is 41.3 Å². The maximum atomic E-state index is 12.5. The highest BCUT2D eigenvalue weighted by molar-refractivity contribution is 5.94. The molecule has 1 atom stereocenters. The maximum absolute atomic E-state index is 12.5. The van der Waals surface area contributed by atoms with E-state index >= 15 is 0 Å². The maximum Gasteiger partial charge on any atom is 0.345 e. The second-order valence-corrected chi connectivity index (χ2v) is 9.93. The molecule has 0 aliphatic heterocycles. The molecule has 0 aliphatic rings. The van der Waals surface area contributed by atoms with Crippen LogP contribution in [0.25, 0.3) is 11.1 Å². The van der Waals surface area contributed by atoms with Crippen LogP contribution in [-0.2, 0) is 11.2 Å². The normalized spacial score (nSPS) is 11.5. The number of benzene rings is 4. The van der Waals surface area contributed by atoms with Gasteiger partial charge in [0, 0.05) is 12.0 Å². The number of rotatable bonds is 13. The summed E-state index contributed by atoms with van der Waals surface area (Å²) in [4.78, 5) is 24.3. The number of methoxy groups -OCH3 is 1. The molecule has 0 heterocycles. The van der Waals surface area contributed by atoms with E-state index in [9.17, 15) is 14.7 Å². The van der Waals surface area contributed by atoms with Crippen LogP contribution in [0.15, 0.2) is 97.1 Å². The largest absolute Gasteiger partial charge is 0.497 e. The van der Waals surface area contributed by atoms with Crippen molar-refractivity contribution in [1.82, 2.24) is 5.32 Å². The lowest BCUT2D eigenvalue weighted by Gasteiger charge is -2.16. The van der Waals surface area contributed by atoms with Crippen molar-refractivity contribution in [2.24, 2.45) is 0 Å². The summed E-state index contributed by atoms with van der Waals surface area (Å²) in [7, 11) is 1.63. The highest BCUT2D eigenvalue weighted by atomic mass is 16.5. The van der Waals surface area contributed by atoms with Gasteiger partial charge in [0.15, 0.2) is 6.10 Å². The van der Waals surface area contributed by atoms with Crippen LogP contribution in [0.4, 0.5) is 0 Å². The minimum Gasteiger partial charge on any atom is -0.497 e. The van der Waals surface area contributed by atoms with Gasteiger partial charge in [-0.3, -0.25) is 4.79 Å². The van der Waals surface area contributed by atoms with Crippen LogP contribution in [0.3, 0.4) is 0 Å². The van der Waals surface area contributed by atoms with Crippen molar-refractivity contribution in [3.63, 3.8) is 0 Å². The van der Waals surface area contributed by atoms with E-state index in [0.717, 1.165) is 22.4 Å². The van der Waals surface area contributed by atoms with Gasteiger partial charge in [0.25, 0.3) is 5.91 Å². The number of carboxylic acid groups (broad SMARTS) is 1. The highest BCUT2D eigenvalue weighted by Gasteiger charge is 2.20. The summed E-state index contributed by atoms with van der Waals surface area (Å²) in [6.07, 6.45) is -0.791. The van der Waals surface area contributed by atoms with E-state index in [1.54, 1.807) is 43.5 Å². The third kappa shape index (κ3) is 8.35. The van der Waals surface area contributed by atoms with Crippen LogP contribution in [0.2, 0.25) is 0 Å². The van der Waals surface area contributed by atoms with Crippen LogP contribution >= 0.6 is 0 Å². The molecule has 2 N–H and O–H groups in total. The van der Waals surface area contributed by atoms with E-state index in [0.29, 0.717) is 36.1 Å². The van der Waals surface area contributed by atoms with Crippen molar-refractivity contribution in [3.05, 3.63) is 114 Å². The van der Waals surface area contributed by atoms with Crippen molar-refractivity contribution in [2.45, 2.75) is 32.3 Å². The van der Waals surface area contributed by atoms with Gasteiger partial charge in [0.1, 0.15) is 23.9 Å². The molecule has 0 bridgehead atoms. The van der Waals surface area contributed by atoms with Crippen molar-refractivity contribution < 1.29 is 28.9 Å². The van der Waals surface area contributed by atoms with Crippen LogP contribution < -0.4 is 19.5 Å². The van der Waals surface area contributed by atoms with Gasteiger partial charge in [-0.15, -0.1) is 0 Å². The van der Waals surface area contributed by atoms with Crippen LogP contribution in [0, 0.1) is 0 Å². The Labute approximate surface area is 240 Å². The molecular formula is C34H35NO6. The molecule has 0 radical (unpaired) electrons. The summed E-state index contributed by atoms with van der Waals surface area (Å²) in [6, 6.07) is 29.9. The second-order valence-electron chi connectivity index (χ2n) is 9.93. The van der Waals surface area contributed by atoms with Gasteiger partial charge < -0.3 is 24.6 Å². The molecule has 41 heavy (non-hydrogen) atoms. The molecule has 1 unspecified atom stereocenters. The number of carbonyl (C=O) groups is 2.